The van der Waals surface area contributed by atoms with Gasteiger partial charge >= 0.3 is 5.97 Å². The molecule has 0 aliphatic carbocycles. The van der Waals surface area contributed by atoms with Gasteiger partial charge in [-0.3, -0.25) is 4.79 Å². The van der Waals surface area contributed by atoms with E-state index in [0.29, 0.717) is 18.5 Å². The van der Waals surface area contributed by atoms with Crippen molar-refractivity contribution in [3.63, 3.8) is 0 Å². The highest BCUT2D eigenvalue weighted by atomic mass is 16.5. The number of aromatic amines is 1. The van der Waals surface area contributed by atoms with E-state index in [1.807, 2.05) is 43.4 Å². The number of aromatic nitrogens is 2. The molecule has 1 heterocycles. The molecule has 0 saturated carbocycles. The Morgan fingerprint density at radius 2 is 2.12 bits per heavy atom. The number of hydrogen-bond donors (Lipinski definition) is 3. The molecule has 0 bridgehead atoms. The van der Waals surface area contributed by atoms with E-state index in [0.717, 1.165) is 16.7 Å². The molecule has 0 fully saturated rings. The minimum atomic E-state index is -0.991. The number of benzene rings is 1. The summed E-state index contributed by atoms with van der Waals surface area (Å²) in [5, 5.41) is 19.9. The Hall–Kier alpha value is -2.77. The van der Waals surface area contributed by atoms with Crippen LogP contribution in [0.15, 0.2) is 52.9 Å². The van der Waals surface area contributed by atoms with E-state index in [9.17, 15) is 9.59 Å². The number of carboxylic acids is 1. The molecule has 7 heteroatoms. The zero-order valence-electron chi connectivity index (χ0n) is 14.0. The Morgan fingerprint density at radius 3 is 2.84 bits per heavy atom. The maximum absolute atomic E-state index is 11.8. The highest BCUT2D eigenvalue weighted by Gasteiger charge is 2.05. The second kappa shape index (κ2) is 9.51. The van der Waals surface area contributed by atoms with Crippen LogP contribution in [0.25, 0.3) is 10.8 Å². The number of hydrogen-bond acceptors (Lipinski definition) is 5. The lowest BCUT2D eigenvalue weighted by atomic mass is 10.1. The number of carbonyl (C=O) groups is 1. The number of aliphatic carboxylic acids is 1. The predicted octanol–water partition coefficient (Wildman–Crippen LogP) is 1.62. The highest BCUT2D eigenvalue weighted by Crippen LogP contribution is 2.12. The van der Waals surface area contributed by atoms with Crippen LogP contribution in [0.4, 0.5) is 0 Å². The first-order chi connectivity index (χ1) is 12.1. The third kappa shape index (κ3) is 5.66. The lowest BCUT2D eigenvalue weighted by Gasteiger charge is -2.08. The maximum Gasteiger partial charge on any atom is 0.329 e. The van der Waals surface area contributed by atoms with Gasteiger partial charge in [0.25, 0.3) is 5.56 Å². The van der Waals surface area contributed by atoms with E-state index in [1.165, 1.54) is 0 Å². The monoisotopic (exact) mass is 343 g/mol. The molecule has 2 rings (SSSR count). The van der Waals surface area contributed by atoms with Crippen molar-refractivity contribution in [3.05, 3.63) is 64.1 Å². The van der Waals surface area contributed by atoms with Gasteiger partial charge in [0.2, 0.25) is 0 Å². The second-order valence-electron chi connectivity index (χ2n) is 5.34. The molecule has 1 aromatic carbocycles. The van der Waals surface area contributed by atoms with Crippen LogP contribution in [0.2, 0.25) is 0 Å². The van der Waals surface area contributed by atoms with Gasteiger partial charge in [-0.25, -0.2) is 9.89 Å². The van der Waals surface area contributed by atoms with E-state index < -0.39 is 5.97 Å². The van der Waals surface area contributed by atoms with Crippen LogP contribution in [0.5, 0.6) is 0 Å². The summed E-state index contributed by atoms with van der Waals surface area (Å²) < 4.78 is 5.02. The summed E-state index contributed by atoms with van der Waals surface area (Å²) in [4.78, 5) is 22.2. The van der Waals surface area contributed by atoms with Gasteiger partial charge in [-0.1, -0.05) is 36.4 Å². The molecule has 0 unspecified atom stereocenters. The predicted molar refractivity (Wildman–Crippen MR) is 95.4 cm³/mol. The van der Waals surface area contributed by atoms with Crippen LogP contribution in [-0.2, 0) is 16.1 Å². The number of H-pyrrole nitrogens is 1. The number of allylic oxidation sites excluding steroid dienone is 1. The van der Waals surface area contributed by atoms with Crippen LogP contribution in [0, 0.1) is 0 Å². The summed E-state index contributed by atoms with van der Waals surface area (Å²) in [5.74, 6) is -0.991. The molecule has 0 radical (unpaired) electrons. The van der Waals surface area contributed by atoms with Crippen LogP contribution < -0.4 is 10.9 Å². The van der Waals surface area contributed by atoms with Gasteiger partial charge in [0.1, 0.15) is 6.61 Å². The van der Waals surface area contributed by atoms with Crippen molar-refractivity contribution in [1.82, 2.24) is 15.5 Å². The lowest BCUT2D eigenvalue weighted by molar-refractivity contribution is -0.141. The van der Waals surface area contributed by atoms with Gasteiger partial charge in [-0.05, 0) is 18.6 Å². The van der Waals surface area contributed by atoms with Crippen LogP contribution in [0.1, 0.15) is 12.6 Å². The van der Waals surface area contributed by atoms with Crippen molar-refractivity contribution in [2.24, 2.45) is 0 Å². The van der Waals surface area contributed by atoms with Gasteiger partial charge < -0.3 is 15.2 Å². The first kappa shape index (κ1) is 18.6. The third-order valence-electron chi connectivity index (χ3n) is 3.47. The first-order valence-electron chi connectivity index (χ1n) is 7.90. The first-order valence-corrected chi connectivity index (χ1v) is 7.90. The molecule has 2 aromatic rings. The molecule has 132 valence electrons. The summed E-state index contributed by atoms with van der Waals surface area (Å²) in [7, 11) is 0. The maximum atomic E-state index is 11.8. The summed E-state index contributed by atoms with van der Waals surface area (Å²) >= 11 is 0. The molecular weight excluding hydrogens is 322 g/mol. The zero-order chi connectivity index (χ0) is 18.1. The summed E-state index contributed by atoms with van der Waals surface area (Å²) in [6.45, 7) is 2.87. The van der Waals surface area contributed by atoms with Crippen molar-refractivity contribution < 1.29 is 14.6 Å². The Labute approximate surface area is 145 Å². The number of nitrogens with one attached hydrogen (secondary N) is 2. The highest BCUT2D eigenvalue weighted by molar-refractivity contribution is 5.83. The number of carboxylic acid groups (broad SMARTS) is 1. The standard InChI is InChI=1S/C18H21N3O4/c1-2-5-13(8-9-25-12-17(22)23)10-19-11-16-14-6-3-4-7-15(14)18(24)21-20-16/h2-8,19H,9-12H2,1H3,(H,21,24)(H,22,23)/b5-2-,13-8+. The molecular formula is C18H21N3O4. The van der Waals surface area contributed by atoms with Crippen molar-refractivity contribution in [2.45, 2.75) is 13.5 Å². The van der Waals surface area contributed by atoms with E-state index in [-0.39, 0.29) is 18.8 Å². The fourth-order valence-electron chi connectivity index (χ4n) is 2.36. The minimum Gasteiger partial charge on any atom is -0.480 e. The largest absolute Gasteiger partial charge is 0.480 e. The average Bonchev–Trinajstić information content (AvgIpc) is 2.60. The Kier molecular flexibility index (Phi) is 7.06. The lowest BCUT2D eigenvalue weighted by Crippen LogP contribution is -2.20. The molecule has 1 aromatic heterocycles. The van der Waals surface area contributed by atoms with Crippen LogP contribution in [-0.4, -0.2) is 41.0 Å². The normalized spacial score (nSPS) is 12.1. The summed E-state index contributed by atoms with van der Waals surface area (Å²) in [6, 6.07) is 7.33. The Morgan fingerprint density at radius 1 is 1.36 bits per heavy atom. The van der Waals surface area contributed by atoms with Gasteiger partial charge in [-0.2, -0.15) is 5.10 Å². The van der Waals surface area contributed by atoms with Crippen molar-refractivity contribution in [1.29, 1.82) is 0 Å². The van der Waals surface area contributed by atoms with Crippen molar-refractivity contribution in [2.75, 3.05) is 19.8 Å². The molecule has 25 heavy (non-hydrogen) atoms. The Bertz CT molecular complexity index is 840. The quantitative estimate of drug-likeness (QED) is 0.472. The fourth-order valence-corrected chi connectivity index (χ4v) is 2.36. The number of fused-ring (bicyclic) bond motifs is 1. The number of rotatable bonds is 9. The van der Waals surface area contributed by atoms with E-state index in [2.05, 4.69) is 15.5 Å². The molecule has 0 atom stereocenters. The van der Waals surface area contributed by atoms with Crippen LogP contribution >= 0.6 is 0 Å². The van der Waals surface area contributed by atoms with Gasteiger partial charge in [0, 0.05) is 18.5 Å². The number of nitrogens with zero attached hydrogens (tertiary/aromatic N) is 1. The third-order valence-corrected chi connectivity index (χ3v) is 3.47. The summed E-state index contributed by atoms with van der Waals surface area (Å²) in [5.41, 5.74) is 1.53. The van der Waals surface area contributed by atoms with Crippen LogP contribution in [0.3, 0.4) is 0 Å². The number of ether oxygens (including phenoxy) is 1. The molecule has 0 spiro atoms. The summed E-state index contributed by atoms with van der Waals surface area (Å²) in [6.07, 6.45) is 5.65. The van der Waals surface area contributed by atoms with Crippen molar-refractivity contribution >= 4 is 16.7 Å². The topological polar surface area (TPSA) is 104 Å². The second-order valence-corrected chi connectivity index (χ2v) is 5.34. The van der Waals surface area contributed by atoms with Gasteiger partial charge in [0.05, 0.1) is 17.7 Å². The van der Waals surface area contributed by atoms with E-state index >= 15 is 0 Å². The SMILES string of the molecule is C/C=C\C(=C/COCC(=O)O)CNCc1n[nH]c(=O)c2ccccc12. The molecule has 7 nitrogen and oxygen atoms in total. The molecule has 0 aliphatic rings. The smallest absolute Gasteiger partial charge is 0.329 e. The molecule has 0 amide bonds. The van der Waals surface area contributed by atoms with Gasteiger partial charge in [-0.15, -0.1) is 0 Å². The zero-order valence-corrected chi connectivity index (χ0v) is 14.0. The molecule has 3 N–H and O–H groups in total. The minimum absolute atomic E-state index is 0.204. The molecule has 0 saturated heterocycles. The van der Waals surface area contributed by atoms with E-state index in [4.69, 9.17) is 9.84 Å². The Balaban J connectivity index is 1.98. The van der Waals surface area contributed by atoms with E-state index in [1.54, 1.807) is 6.07 Å². The van der Waals surface area contributed by atoms with Crippen molar-refractivity contribution in [3.8, 4) is 0 Å². The average molecular weight is 343 g/mol. The van der Waals surface area contributed by atoms with Gasteiger partial charge in [0.15, 0.2) is 0 Å². The molecule has 0 aliphatic heterocycles. The fraction of sp³-hybridized carbons (Fsp3) is 0.278.